The van der Waals surface area contributed by atoms with Gasteiger partial charge in [-0.15, -0.1) is 11.8 Å². The second-order valence-corrected chi connectivity index (χ2v) is 2.21. The maximum atomic E-state index is 10.3. The quantitative estimate of drug-likeness (QED) is 0.427. The zero-order chi connectivity index (χ0) is 7.28. The summed E-state index contributed by atoms with van der Waals surface area (Å²) < 4.78 is 0. The number of carbonyl (C=O) groups excluding carboxylic acids is 1. The molecule has 0 bridgehead atoms. The summed E-state index contributed by atoms with van der Waals surface area (Å²) in [4.78, 5) is 10.3. The van der Waals surface area contributed by atoms with Crippen LogP contribution in [0, 0.1) is 17.8 Å². The van der Waals surface area contributed by atoms with Gasteiger partial charge in [-0.2, -0.15) is 0 Å². The van der Waals surface area contributed by atoms with E-state index in [-0.39, 0.29) is 11.2 Å². The summed E-state index contributed by atoms with van der Waals surface area (Å²) in [6, 6.07) is 0. The van der Waals surface area contributed by atoms with Gasteiger partial charge in [0.05, 0.1) is 0 Å². The molecule has 9 heavy (non-hydrogen) atoms. The van der Waals surface area contributed by atoms with Crippen molar-refractivity contribution in [2.75, 3.05) is 0 Å². The van der Waals surface area contributed by atoms with Crippen molar-refractivity contribution < 1.29 is 4.79 Å². The SMILES string of the molecule is CC#CC[C@H](C)C(=O)Cl. The van der Waals surface area contributed by atoms with E-state index in [0.29, 0.717) is 6.42 Å². The normalized spacial score (nSPS) is 11.4. The van der Waals surface area contributed by atoms with Gasteiger partial charge in [-0.05, 0) is 18.5 Å². The number of hydrogen-bond donors (Lipinski definition) is 0. The first kappa shape index (κ1) is 8.52. The largest absolute Gasteiger partial charge is 0.281 e. The van der Waals surface area contributed by atoms with Crippen molar-refractivity contribution in [3.63, 3.8) is 0 Å². The molecular weight excluding hydrogens is 136 g/mol. The standard InChI is InChI=1S/C7H9ClO/c1-3-4-5-6(2)7(8)9/h6H,5H2,1-2H3/t6-/m0/s1. The van der Waals surface area contributed by atoms with Crippen LogP contribution in [0.4, 0.5) is 0 Å². The number of hydrogen-bond acceptors (Lipinski definition) is 1. The molecule has 0 unspecified atom stereocenters. The molecule has 1 atom stereocenters. The molecule has 2 heteroatoms. The second kappa shape index (κ2) is 4.40. The molecule has 0 aromatic carbocycles. The lowest BCUT2D eigenvalue weighted by Gasteiger charge is -1.96. The first-order chi connectivity index (χ1) is 4.18. The lowest BCUT2D eigenvalue weighted by molar-refractivity contribution is -0.114. The van der Waals surface area contributed by atoms with E-state index in [0.717, 1.165) is 0 Å². The van der Waals surface area contributed by atoms with Gasteiger partial charge in [0.1, 0.15) is 0 Å². The van der Waals surface area contributed by atoms with Crippen molar-refractivity contribution in [2.45, 2.75) is 20.3 Å². The molecule has 0 aliphatic carbocycles. The van der Waals surface area contributed by atoms with E-state index in [9.17, 15) is 4.79 Å². The van der Waals surface area contributed by atoms with Crippen molar-refractivity contribution in [1.82, 2.24) is 0 Å². The van der Waals surface area contributed by atoms with E-state index in [2.05, 4.69) is 11.8 Å². The van der Waals surface area contributed by atoms with E-state index in [1.54, 1.807) is 13.8 Å². The van der Waals surface area contributed by atoms with Crippen LogP contribution in [-0.4, -0.2) is 5.24 Å². The monoisotopic (exact) mass is 144 g/mol. The highest BCUT2D eigenvalue weighted by atomic mass is 35.5. The Morgan fingerprint density at radius 3 is 2.67 bits per heavy atom. The Balaban J connectivity index is 3.59. The second-order valence-electron chi connectivity index (χ2n) is 1.84. The number of rotatable bonds is 2. The van der Waals surface area contributed by atoms with Crippen LogP contribution in [0.1, 0.15) is 20.3 Å². The van der Waals surface area contributed by atoms with Crippen LogP contribution in [0.2, 0.25) is 0 Å². The lowest BCUT2D eigenvalue weighted by Crippen LogP contribution is -2.01. The lowest BCUT2D eigenvalue weighted by atomic mass is 10.1. The first-order valence-electron chi connectivity index (χ1n) is 2.77. The molecule has 0 saturated carbocycles. The zero-order valence-electron chi connectivity index (χ0n) is 5.57. The molecule has 0 aliphatic heterocycles. The van der Waals surface area contributed by atoms with Crippen LogP contribution in [0.15, 0.2) is 0 Å². The highest BCUT2D eigenvalue weighted by molar-refractivity contribution is 6.63. The third-order valence-corrected chi connectivity index (χ3v) is 1.34. The van der Waals surface area contributed by atoms with Crippen LogP contribution in [0.3, 0.4) is 0 Å². The third-order valence-electron chi connectivity index (χ3n) is 0.972. The fourth-order valence-electron chi connectivity index (χ4n) is 0.335. The fraction of sp³-hybridized carbons (Fsp3) is 0.571. The molecule has 0 heterocycles. The molecule has 0 spiro atoms. The van der Waals surface area contributed by atoms with Gasteiger partial charge in [0.2, 0.25) is 5.24 Å². The molecule has 0 aromatic heterocycles. The first-order valence-corrected chi connectivity index (χ1v) is 3.15. The Bertz CT molecular complexity index is 152. The van der Waals surface area contributed by atoms with E-state index >= 15 is 0 Å². The van der Waals surface area contributed by atoms with Gasteiger partial charge in [-0.25, -0.2) is 0 Å². The minimum absolute atomic E-state index is 0.126. The molecule has 0 rings (SSSR count). The van der Waals surface area contributed by atoms with Crippen LogP contribution >= 0.6 is 11.6 Å². The molecule has 0 N–H and O–H groups in total. The zero-order valence-corrected chi connectivity index (χ0v) is 6.33. The molecule has 0 amide bonds. The molecule has 50 valence electrons. The summed E-state index contributed by atoms with van der Waals surface area (Å²) in [5.41, 5.74) is 0. The van der Waals surface area contributed by atoms with Crippen molar-refractivity contribution >= 4 is 16.8 Å². The van der Waals surface area contributed by atoms with Crippen LogP contribution in [0.25, 0.3) is 0 Å². The fourth-order valence-corrected chi connectivity index (χ4v) is 0.413. The smallest absolute Gasteiger partial charge is 0.225 e. The van der Waals surface area contributed by atoms with E-state index in [1.165, 1.54) is 0 Å². The molecule has 0 saturated heterocycles. The maximum absolute atomic E-state index is 10.3. The predicted molar refractivity (Wildman–Crippen MR) is 38.1 cm³/mol. The molecule has 0 aliphatic rings. The minimum atomic E-state index is -0.308. The third kappa shape index (κ3) is 4.05. The average molecular weight is 145 g/mol. The van der Waals surface area contributed by atoms with Gasteiger partial charge >= 0.3 is 0 Å². The summed E-state index contributed by atoms with van der Waals surface area (Å²) >= 11 is 5.16. The van der Waals surface area contributed by atoms with E-state index < -0.39 is 0 Å². The van der Waals surface area contributed by atoms with E-state index in [4.69, 9.17) is 11.6 Å². The van der Waals surface area contributed by atoms with Gasteiger partial charge < -0.3 is 0 Å². The Morgan fingerprint density at radius 1 is 1.78 bits per heavy atom. The Kier molecular flexibility index (Phi) is 4.17. The molecule has 0 fully saturated rings. The summed E-state index contributed by atoms with van der Waals surface area (Å²) in [7, 11) is 0. The number of halogens is 1. The van der Waals surface area contributed by atoms with Gasteiger partial charge in [0.25, 0.3) is 0 Å². The van der Waals surface area contributed by atoms with Crippen molar-refractivity contribution in [3.05, 3.63) is 0 Å². The molecule has 0 aromatic rings. The Morgan fingerprint density at radius 2 is 2.33 bits per heavy atom. The average Bonchev–Trinajstić information content (AvgIpc) is 1.82. The van der Waals surface area contributed by atoms with Gasteiger partial charge in [-0.1, -0.05) is 6.92 Å². The molecule has 1 nitrogen and oxygen atoms in total. The number of carbonyl (C=O) groups is 1. The minimum Gasteiger partial charge on any atom is -0.281 e. The van der Waals surface area contributed by atoms with Crippen molar-refractivity contribution in [2.24, 2.45) is 5.92 Å². The van der Waals surface area contributed by atoms with E-state index in [1.807, 2.05) is 0 Å². The summed E-state index contributed by atoms with van der Waals surface area (Å²) in [5, 5.41) is -0.308. The van der Waals surface area contributed by atoms with Crippen LogP contribution in [0.5, 0.6) is 0 Å². The van der Waals surface area contributed by atoms with Crippen LogP contribution < -0.4 is 0 Å². The maximum Gasteiger partial charge on any atom is 0.225 e. The van der Waals surface area contributed by atoms with Crippen molar-refractivity contribution in [3.8, 4) is 11.8 Å². The summed E-state index contributed by atoms with van der Waals surface area (Å²) in [6.45, 7) is 3.51. The van der Waals surface area contributed by atoms with Crippen LogP contribution in [-0.2, 0) is 4.79 Å². The van der Waals surface area contributed by atoms with Crippen molar-refractivity contribution in [1.29, 1.82) is 0 Å². The molecular formula is C7H9ClO. The topological polar surface area (TPSA) is 17.1 Å². The highest BCUT2D eigenvalue weighted by Gasteiger charge is 2.06. The molecule has 0 radical (unpaired) electrons. The Labute approximate surface area is 60.4 Å². The van der Waals surface area contributed by atoms with Gasteiger partial charge in [0, 0.05) is 12.3 Å². The van der Waals surface area contributed by atoms with Gasteiger partial charge in [-0.3, -0.25) is 4.79 Å². The Hall–Kier alpha value is -0.480. The predicted octanol–water partition coefficient (Wildman–Crippen LogP) is 1.80. The summed E-state index contributed by atoms with van der Waals surface area (Å²) in [6.07, 6.45) is 0.568. The summed E-state index contributed by atoms with van der Waals surface area (Å²) in [5.74, 6) is 5.34. The van der Waals surface area contributed by atoms with Gasteiger partial charge in [0.15, 0.2) is 0 Å². The highest BCUT2D eigenvalue weighted by Crippen LogP contribution is 2.03.